The van der Waals surface area contributed by atoms with Crippen LogP contribution in [-0.2, 0) is 4.79 Å². The van der Waals surface area contributed by atoms with Crippen LogP contribution in [0.3, 0.4) is 0 Å². The second-order valence-electron chi connectivity index (χ2n) is 10.1. The minimum absolute atomic E-state index is 0.133. The van der Waals surface area contributed by atoms with Crippen LogP contribution < -0.4 is 11.1 Å². The Balaban J connectivity index is 2.46. The molecule has 0 heterocycles. The van der Waals surface area contributed by atoms with Gasteiger partial charge in [-0.05, 0) is 53.6 Å². The van der Waals surface area contributed by atoms with Crippen molar-refractivity contribution in [3.63, 3.8) is 0 Å². The van der Waals surface area contributed by atoms with Crippen molar-refractivity contribution in [1.29, 1.82) is 0 Å². The number of hydrogen-bond donors (Lipinski definition) is 3. The third-order valence-corrected chi connectivity index (χ3v) is 6.80. The molecule has 4 nitrogen and oxygen atoms in total. The quantitative estimate of drug-likeness (QED) is 0.343. The van der Waals surface area contributed by atoms with Crippen LogP contribution in [0.4, 0.5) is 0 Å². The summed E-state index contributed by atoms with van der Waals surface area (Å²) in [5.74, 6) is -0.325. The van der Waals surface area contributed by atoms with Crippen molar-refractivity contribution >= 4 is 29.1 Å². The molecule has 0 spiro atoms. The standard InChI is InChI=1S/C27H36Cl2N2O2/c1-6-14-27(5,25(33)31-23(17-32)26(2,3)4)16-22(19-8-7-9-21(29)15-19)24(30)18-10-12-20(28)13-11-18/h6-13,15,22-24,32H,1,14,16-17,30H2,2-5H3,(H,31,33)/t22-,23-,24+,27+/m1/s1. The Morgan fingerprint density at radius 3 is 2.24 bits per heavy atom. The van der Waals surface area contributed by atoms with E-state index in [-0.39, 0.29) is 35.9 Å². The lowest BCUT2D eigenvalue weighted by atomic mass is 9.71. The zero-order valence-corrected chi connectivity index (χ0v) is 21.5. The van der Waals surface area contributed by atoms with Gasteiger partial charge in [0.2, 0.25) is 5.91 Å². The van der Waals surface area contributed by atoms with Gasteiger partial charge >= 0.3 is 0 Å². The van der Waals surface area contributed by atoms with Gasteiger partial charge in [0.15, 0.2) is 0 Å². The van der Waals surface area contributed by atoms with Gasteiger partial charge in [-0.3, -0.25) is 4.79 Å². The van der Waals surface area contributed by atoms with Crippen molar-refractivity contribution in [3.8, 4) is 0 Å². The molecule has 4 N–H and O–H groups in total. The summed E-state index contributed by atoms with van der Waals surface area (Å²) < 4.78 is 0. The highest BCUT2D eigenvalue weighted by atomic mass is 35.5. The number of aliphatic hydroxyl groups excluding tert-OH is 1. The van der Waals surface area contributed by atoms with Crippen molar-refractivity contribution in [1.82, 2.24) is 5.32 Å². The van der Waals surface area contributed by atoms with E-state index in [0.717, 1.165) is 11.1 Å². The number of nitrogens with one attached hydrogen (secondary N) is 1. The number of hydrogen-bond acceptors (Lipinski definition) is 3. The fraction of sp³-hybridized carbons (Fsp3) is 0.444. The molecule has 2 rings (SSSR count). The van der Waals surface area contributed by atoms with Gasteiger partial charge in [0, 0.05) is 22.0 Å². The molecule has 0 radical (unpaired) electrons. The van der Waals surface area contributed by atoms with Crippen LogP contribution in [-0.4, -0.2) is 23.7 Å². The molecule has 0 fully saturated rings. The molecule has 0 aliphatic rings. The molecule has 0 saturated carbocycles. The highest BCUT2D eigenvalue weighted by molar-refractivity contribution is 6.30. The highest BCUT2D eigenvalue weighted by Crippen LogP contribution is 2.42. The monoisotopic (exact) mass is 490 g/mol. The number of benzene rings is 2. The van der Waals surface area contributed by atoms with Crippen molar-refractivity contribution in [2.24, 2.45) is 16.6 Å². The minimum atomic E-state index is -0.794. The number of carbonyl (C=O) groups excluding carboxylic acids is 1. The molecule has 6 heteroatoms. The van der Waals surface area contributed by atoms with Crippen LogP contribution in [0.25, 0.3) is 0 Å². The second-order valence-corrected chi connectivity index (χ2v) is 10.9. The molecule has 2 aromatic rings. The zero-order chi connectivity index (χ0) is 24.8. The third kappa shape index (κ3) is 7.31. The summed E-state index contributed by atoms with van der Waals surface area (Å²) in [7, 11) is 0. The lowest BCUT2D eigenvalue weighted by Gasteiger charge is -2.38. The van der Waals surface area contributed by atoms with E-state index in [1.807, 2.05) is 76.2 Å². The smallest absolute Gasteiger partial charge is 0.226 e. The molecular formula is C27H36Cl2N2O2. The summed E-state index contributed by atoms with van der Waals surface area (Å²) in [5.41, 5.74) is 7.59. The van der Waals surface area contributed by atoms with Crippen LogP contribution >= 0.6 is 23.2 Å². The second kappa shape index (κ2) is 11.5. The van der Waals surface area contributed by atoms with Gasteiger partial charge in [0.1, 0.15) is 0 Å². The number of nitrogens with two attached hydrogens (primary N) is 1. The number of carbonyl (C=O) groups is 1. The Bertz CT molecular complexity index is 940. The van der Waals surface area contributed by atoms with Gasteiger partial charge in [-0.1, -0.05) is 81.2 Å². The Labute approximate surface area is 208 Å². The summed E-state index contributed by atoms with van der Waals surface area (Å²) in [6, 6.07) is 14.3. The Morgan fingerprint density at radius 2 is 1.73 bits per heavy atom. The summed E-state index contributed by atoms with van der Waals surface area (Å²) in [6.45, 7) is 11.6. The van der Waals surface area contributed by atoms with Crippen molar-refractivity contribution < 1.29 is 9.90 Å². The van der Waals surface area contributed by atoms with Crippen LogP contribution in [0, 0.1) is 10.8 Å². The van der Waals surface area contributed by atoms with Gasteiger partial charge in [-0.25, -0.2) is 0 Å². The maximum atomic E-state index is 13.6. The van der Waals surface area contributed by atoms with E-state index in [9.17, 15) is 9.90 Å². The first-order valence-corrected chi connectivity index (χ1v) is 12.0. The zero-order valence-electron chi connectivity index (χ0n) is 19.9. The lowest BCUT2D eigenvalue weighted by molar-refractivity contribution is -0.132. The first kappa shape index (κ1) is 27.4. The largest absolute Gasteiger partial charge is 0.394 e. The van der Waals surface area contributed by atoms with Crippen molar-refractivity contribution in [2.75, 3.05) is 6.61 Å². The molecule has 0 aliphatic carbocycles. The van der Waals surface area contributed by atoms with E-state index in [4.69, 9.17) is 28.9 Å². The Hall–Kier alpha value is -1.85. The van der Waals surface area contributed by atoms with E-state index >= 15 is 0 Å². The first-order chi connectivity index (χ1) is 15.4. The molecule has 1 amide bonds. The predicted molar refractivity (Wildman–Crippen MR) is 139 cm³/mol. The molecular weight excluding hydrogens is 455 g/mol. The fourth-order valence-corrected chi connectivity index (χ4v) is 4.37. The summed E-state index contributed by atoms with van der Waals surface area (Å²) in [4.78, 5) is 13.6. The number of halogens is 2. The van der Waals surface area contributed by atoms with Crippen molar-refractivity contribution in [3.05, 3.63) is 82.4 Å². The van der Waals surface area contributed by atoms with Gasteiger partial charge in [-0.15, -0.1) is 6.58 Å². The lowest BCUT2D eigenvalue weighted by Crippen LogP contribution is -2.51. The maximum Gasteiger partial charge on any atom is 0.226 e. The normalized spacial score (nSPS) is 16.4. The molecule has 0 bridgehead atoms. The Morgan fingerprint density at radius 1 is 1.09 bits per heavy atom. The minimum Gasteiger partial charge on any atom is -0.394 e. The van der Waals surface area contributed by atoms with Gasteiger partial charge in [0.25, 0.3) is 0 Å². The average molecular weight is 492 g/mol. The molecule has 4 atom stereocenters. The van der Waals surface area contributed by atoms with E-state index in [0.29, 0.717) is 22.9 Å². The highest BCUT2D eigenvalue weighted by Gasteiger charge is 2.39. The molecule has 0 aromatic heterocycles. The fourth-order valence-electron chi connectivity index (χ4n) is 4.05. The number of aliphatic hydroxyl groups is 1. The van der Waals surface area contributed by atoms with E-state index in [1.54, 1.807) is 6.08 Å². The molecule has 0 aliphatic heterocycles. The SMILES string of the molecule is C=CC[C@@](C)(C[C@H](c1cccc(Cl)c1)[C@@H](N)c1ccc(Cl)cc1)C(=O)N[C@H](CO)C(C)(C)C. The molecule has 180 valence electrons. The van der Waals surface area contributed by atoms with E-state index < -0.39 is 5.41 Å². The van der Waals surface area contributed by atoms with Crippen LogP contribution in [0.5, 0.6) is 0 Å². The number of rotatable bonds is 10. The molecule has 33 heavy (non-hydrogen) atoms. The average Bonchev–Trinajstić information content (AvgIpc) is 2.75. The van der Waals surface area contributed by atoms with Gasteiger partial charge in [-0.2, -0.15) is 0 Å². The molecule has 0 saturated heterocycles. The maximum absolute atomic E-state index is 13.6. The number of amides is 1. The summed E-state index contributed by atoms with van der Waals surface area (Å²) in [5, 5.41) is 14.2. The van der Waals surface area contributed by atoms with Crippen LogP contribution in [0.15, 0.2) is 61.2 Å². The third-order valence-electron chi connectivity index (χ3n) is 6.31. The van der Waals surface area contributed by atoms with Crippen molar-refractivity contribution in [2.45, 2.75) is 58.5 Å². The predicted octanol–water partition coefficient (Wildman–Crippen LogP) is 6.27. The number of allylic oxidation sites excluding steroid dienone is 1. The first-order valence-electron chi connectivity index (χ1n) is 11.2. The van der Waals surface area contributed by atoms with E-state index in [1.165, 1.54) is 0 Å². The molecule has 0 unspecified atom stereocenters. The topological polar surface area (TPSA) is 75.4 Å². The van der Waals surface area contributed by atoms with Crippen LogP contribution in [0.1, 0.15) is 63.6 Å². The van der Waals surface area contributed by atoms with Crippen LogP contribution in [0.2, 0.25) is 10.0 Å². The summed E-state index contributed by atoms with van der Waals surface area (Å²) >= 11 is 12.4. The van der Waals surface area contributed by atoms with Gasteiger partial charge in [0.05, 0.1) is 18.1 Å². The Kier molecular flexibility index (Phi) is 9.57. The summed E-state index contributed by atoms with van der Waals surface area (Å²) in [6.07, 6.45) is 2.69. The van der Waals surface area contributed by atoms with Gasteiger partial charge < -0.3 is 16.2 Å². The van der Waals surface area contributed by atoms with E-state index in [2.05, 4.69) is 11.9 Å². The molecule has 2 aromatic carbocycles.